The van der Waals surface area contributed by atoms with Gasteiger partial charge in [0.2, 0.25) is 0 Å². The molecule has 0 aliphatic heterocycles. The summed E-state index contributed by atoms with van der Waals surface area (Å²) in [4.78, 5) is 0. The molecule has 0 atom stereocenters. The van der Waals surface area contributed by atoms with Gasteiger partial charge in [-0.25, -0.2) is 0 Å². The van der Waals surface area contributed by atoms with E-state index in [0.717, 1.165) is 0 Å². The maximum absolute atomic E-state index is 5.01. The van der Waals surface area contributed by atoms with Gasteiger partial charge in [-0.3, -0.25) is 0 Å². The molecule has 0 saturated heterocycles. The summed E-state index contributed by atoms with van der Waals surface area (Å²) in [7, 11) is 15.0. The number of hydrogen-bond acceptors (Lipinski definition) is 0. The van der Waals surface area contributed by atoms with Crippen LogP contribution in [0.5, 0.6) is 0 Å². The van der Waals surface area contributed by atoms with Crippen LogP contribution in [0, 0.1) is 0 Å². The Balaban J connectivity index is -0.00000000161. The van der Waals surface area contributed by atoms with E-state index < -0.39 is 18.2 Å². The van der Waals surface area contributed by atoms with Crippen LogP contribution in [0.4, 0.5) is 0 Å². The summed E-state index contributed by atoms with van der Waals surface area (Å²) >= 11 is -2.18. The third kappa shape index (κ3) is 606. The van der Waals surface area contributed by atoms with Crippen molar-refractivity contribution in [3.63, 3.8) is 0 Å². The van der Waals surface area contributed by atoms with Crippen LogP contribution >= 0.6 is 25.5 Å². The van der Waals surface area contributed by atoms with Gasteiger partial charge in [0.1, 0.15) is 0 Å². The predicted molar refractivity (Wildman–Crippen MR) is 52.2 cm³/mol. The zero-order valence-electron chi connectivity index (χ0n) is 5.58. The van der Waals surface area contributed by atoms with Crippen molar-refractivity contribution in [2.75, 3.05) is 0 Å². The minimum atomic E-state index is -2.18. The van der Waals surface area contributed by atoms with Gasteiger partial charge in [-0.05, 0) is 0 Å². The van der Waals surface area contributed by atoms with Gasteiger partial charge in [0.25, 0.3) is 0 Å². The monoisotopic (exact) mass is 458 g/mol. The Morgan fingerprint density at radius 3 is 0.417 bits per heavy atom. The average Bonchev–Trinajstić information content (AvgIpc) is 0.811. The van der Waals surface area contributed by atoms with E-state index in [4.69, 9.17) is 25.5 Å². The third-order valence-electron chi connectivity index (χ3n) is 0. The topological polar surface area (TPSA) is 252 Å². The van der Waals surface area contributed by atoms with Gasteiger partial charge in [0, 0.05) is 0 Å². The maximum atomic E-state index is 5.01. The molecule has 0 bridgehead atoms. The summed E-state index contributed by atoms with van der Waals surface area (Å²) in [6.07, 6.45) is 0. The standard InChI is InChI=1S/Bi.3ClH.8H2O/h;3*1H;8*1H2/q+3;;;;;;;;;;;/p-3. The minimum absolute atomic E-state index is 0. The SMILES string of the molecule is O.O.O.O.O.O.O.O.[Cl][Bi]([Cl])[Cl]. The summed E-state index contributed by atoms with van der Waals surface area (Å²) in [6, 6.07) is 0. The summed E-state index contributed by atoms with van der Waals surface area (Å²) in [5.41, 5.74) is 0. The van der Waals surface area contributed by atoms with Crippen LogP contribution < -0.4 is 0 Å². The van der Waals surface area contributed by atoms with Gasteiger partial charge in [0.15, 0.2) is 0 Å². The second kappa shape index (κ2) is 82.7. The summed E-state index contributed by atoms with van der Waals surface area (Å²) in [5, 5.41) is 0. The number of halogens is 3. The van der Waals surface area contributed by atoms with Crippen molar-refractivity contribution in [2.24, 2.45) is 0 Å². The first-order valence-electron chi connectivity index (χ1n) is 0.507. The first-order chi connectivity index (χ1) is 1.73. The number of hydrogen-bond donors (Lipinski definition) is 0. The molecule has 0 aromatic heterocycles. The van der Waals surface area contributed by atoms with Crippen LogP contribution in [0.15, 0.2) is 0 Å². The summed E-state index contributed by atoms with van der Waals surface area (Å²) in [5.74, 6) is 0. The number of rotatable bonds is 0. The quantitative estimate of drug-likeness (QED) is 0.309. The Morgan fingerprint density at radius 1 is 0.417 bits per heavy atom. The van der Waals surface area contributed by atoms with Crippen molar-refractivity contribution in [1.82, 2.24) is 0 Å². The molecule has 90 valence electrons. The molecule has 0 heterocycles. The molecular formula is H16BiCl3O8. The van der Waals surface area contributed by atoms with Gasteiger partial charge < -0.3 is 43.8 Å². The van der Waals surface area contributed by atoms with Crippen LogP contribution in [0.2, 0.25) is 0 Å². The average molecular weight is 459 g/mol. The van der Waals surface area contributed by atoms with E-state index in [9.17, 15) is 0 Å². The molecule has 0 rings (SSSR count). The van der Waals surface area contributed by atoms with E-state index in [2.05, 4.69) is 0 Å². The van der Waals surface area contributed by atoms with Gasteiger partial charge in [-0.2, -0.15) is 0 Å². The molecular weight excluding hydrogens is 443 g/mol. The molecule has 0 spiro atoms. The fraction of sp³-hybridized carbons (Fsp3) is 0. The van der Waals surface area contributed by atoms with Crippen molar-refractivity contribution in [3.8, 4) is 0 Å². The van der Waals surface area contributed by atoms with E-state index in [-0.39, 0.29) is 43.8 Å². The van der Waals surface area contributed by atoms with E-state index in [1.807, 2.05) is 0 Å². The Bertz CT molecular complexity index is 19.0. The Morgan fingerprint density at radius 2 is 0.417 bits per heavy atom. The van der Waals surface area contributed by atoms with Crippen LogP contribution in [-0.2, 0) is 0 Å². The van der Waals surface area contributed by atoms with Gasteiger partial charge >= 0.3 is 43.7 Å². The van der Waals surface area contributed by atoms with Crippen molar-refractivity contribution < 1.29 is 43.8 Å². The van der Waals surface area contributed by atoms with E-state index in [0.29, 0.717) is 0 Å². The van der Waals surface area contributed by atoms with E-state index >= 15 is 0 Å². The van der Waals surface area contributed by atoms with Crippen molar-refractivity contribution in [3.05, 3.63) is 0 Å². The fourth-order valence-electron chi connectivity index (χ4n) is 0. The van der Waals surface area contributed by atoms with Crippen LogP contribution in [-0.4, -0.2) is 62.0 Å². The molecule has 12 heavy (non-hydrogen) atoms. The van der Waals surface area contributed by atoms with Crippen LogP contribution in [0.1, 0.15) is 0 Å². The molecule has 0 fully saturated rings. The van der Waals surface area contributed by atoms with Gasteiger partial charge in [0.05, 0.1) is 0 Å². The normalized spacial score (nSPS) is 3.00. The molecule has 0 amide bonds. The third-order valence-corrected chi connectivity index (χ3v) is 0. The van der Waals surface area contributed by atoms with Crippen LogP contribution in [0.25, 0.3) is 0 Å². The Labute approximate surface area is 87.2 Å². The molecule has 0 unspecified atom stereocenters. The zero-order chi connectivity index (χ0) is 3.58. The molecule has 0 aliphatic carbocycles. The van der Waals surface area contributed by atoms with Gasteiger partial charge in [-0.15, -0.1) is 0 Å². The molecule has 12 heteroatoms. The van der Waals surface area contributed by atoms with Crippen molar-refractivity contribution >= 4 is 43.7 Å². The molecule has 0 aromatic carbocycles. The summed E-state index contributed by atoms with van der Waals surface area (Å²) < 4.78 is 0. The van der Waals surface area contributed by atoms with Crippen LogP contribution in [0.3, 0.4) is 0 Å². The first kappa shape index (κ1) is 106. The second-order valence-corrected chi connectivity index (χ2v) is 15.1. The van der Waals surface area contributed by atoms with E-state index in [1.54, 1.807) is 0 Å². The Hall–Kier alpha value is 1.43. The second-order valence-electron chi connectivity index (χ2n) is 0.192. The van der Waals surface area contributed by atoms with E-state index in [1.165, 1.54) is 0 Å². The van der Waals surface area contributed by atoms with Crippen molar-refractivity contribution in [1.29, 1.82) is 0 Å². The zero-order valence-corrected chi connectivity index (χ0v) is 11.3. The molecule has 0 saturated carbocycles. The molecule has 16 N–H and O–H groups in total. The molecule has 0 radical (unpaired) electrons. The Kier molecular flexibility index (Phi) is 728. The predicted octanol–water partition coefficient (Wildman–Crippen LogP) is -4.91. The summed E-state index contributed by atoms with van der Waals surface area (Å²) in [6.45, 7) is 0. The van der Waals surface area contributed by atoms with Crippen molar-refractivity contribution in [2.45, 2.75) is 0 Å². The van der Waals surface area contributed by atoms with Gasteiger partial charge in [-0.1, -0.05) is 0 Å². The fourth-order valence-corrected chi connectivity index (χ4v) is 0. The molecule has 0 aromatic rings. The first-order valence-corrected chi connectivity index (χ1v) is 13.3. The molecule has 0 aliphatic rings. The molecule has 8 nitrogen and oxygen atoms in total.